The fourth-order valence-corrected chi connectivity index (χ4v) is 2.71. The van der Waals surface area contributed by atoms with Gasteiger partial charge in [0, 0.05) is 6.54 Å². The first-order valence-corrected chi connectivity index (χ1v) is 7.70. The highest BCUT2D eigenvalue weighted by Gasteiger charge is 2.48. The molecule has 0 unspecified atom stereocenters. The van der Waals surface area contributed by atoms with Crippen molar-refractivity contribution < 1.29 is 39.0 Å². The van der Waals surface area contributed by atoms with Crippen molar-refractivity contribution in [1.29, 1.82) is 0 Å². The van der Waals surface area contributed by atoms with E-state index in [0.29, 0.717) is 4.13 Å². The number of sulfonamides is 1. The van der Waals surface area contributed by atoms with Crippen LogP contribution in [0.15, 0.2) is 12.7 Å². The maximum absolute atomic E-state index is 11.9. The molecule has 20 heavy (non-hydrogen) atoms. The summed E-state index contributed by atoms with van der Waals surface area (Å²) < 4.78 is 83.0. The molecule has 0 radical (unpaired) electrons. The highest BCUT2D eigenvalue weighted by Crippen LogP contribution is 2.22. The van der Waals surface area contributed by atoms with Crippen LogP contribution < -0.4 is 9.44 Å². The summed E-state index contributed by atoms with van der Waals surface area (Å²) in [5.74, 6) is -0.536. The largest absolute Gasteiger partial charge is 0.512 e. The average molecular weight is 340 g/mol. The molecule has 0 atom stereocenters. The Morgan fingerprint density at radius 3 is 2.25 bits per heavy atom. The summed E-state index contributed by atoms with van der Waals surface area (Å²) in [5, 5.41) is 2.24. The molecule has 0 aliphatic carbocycles. The van der Waals surface area contributed by atoms with Crippen LogP contribution in [0.2, 0.25) is 0 Å². The van der Waals surface area contributed by atoms with Crippen molar-refractivity contribution in [3.05, 3.63) is 12.7 Å². The molecular weight excluding hydrogens is 329 g/mol. The zero-order valence-electron chi connectivity index (χ0n) is 9.81. The third-order valence-corrected chi connectivity index (χ3v) is 4.34. The summed E-state index contributed by atoms with van der Waals surface area (Å²) in [6.45, 7) is 2.48. The van der Waals surface area contributed by atoms with E-state index in [2.05, 4.69) is 16.1 Å². The lowest BCUT2D eigenvalue weighted by Crippen LogP contribution is -2.41. The number of rotatable bonds is 8. The Balaban J connectivity index is 4.29. The fraction of sp³-hybridized carbons (Fsp3) is 0.571. The Kier molecular flexibility index (Phi) is 6.60. The Morgan fingerprint density at radius 2 is 1.80 bits per heavy atom. The molecule has 0 aliphatic rings. The third-order valence-electron chi connectivity index (χ3n) is 1.56. The van der Waals surface area contributed by atoms with Gasteiger partial charge in [-0.2, -0.15) is 21.6 Å². The predicted molar refractivity (Wildman–Crippen MR) is 60.8 cm³/mol. The summed E-state index contributed by atoms with van der Waals surface area (Å²) in [6.07, 6.45) is 0.877. The van der Waals surface area contributed by atoms with Crippen molar-refractivity contribution in [3.63, 3.8) is 0 Å². The zero-order chi connectivity index (χ0) is 16.0. The molecule has 118 valence electrons. The molecule has 0 aromatic rings. The minimum atomic E-state index is -6.06. The van der Waals surface area contributed by atoms with Gasteiger partial charge < -0.3 is 5.32 Å². The first-order valence-electron chi connectivity index (χ1n) is 4.81. The topological polar surface area (TPSA) is 119 Å². The SMILES string of the molecule is C=CC(=O)NCCCOS(=O)(=O)NS(=O)(=O)C(F)(F)F. The maximum Gasteiger partial charge on any atom is 0.512 e. The van der Waals surface area contributed by atoms with E-state index in [1.54, 1.807) is 0 Å². The van der Waals surface area contributed by atoms with Crippen LogP contribution in [0.4, 0.5) is 13.2 Å². The van der Waals surface area contributed by atoms with E-state index in [1.807, 2.05) is 0 Å². The molecule has 0 aromatic heterocycles. The second-order valence-electron chi connectivity index (χ2n) is 3.16. The third kappa shape index (κ3) is 6.83. The van der Waals surface area contributed by atoms with E-state index in [4.69, 9.17) is 0 Å². The van der Waals surface area contributed by atoms with Crippen LogP contribution in [0.25, 0.3) is 0 Å². The second kappa shape index (κ2) is 7.01. The molecule has 0 rings (SSSR count). The van der Waals surface area contributed by atoms with E-state index < -0.39 is 38.3 Å². The number of carbonyl (C=O) groups is 1. The lowest BCUT2D eigenvalue weighted by atomic mass is 10.4. The van der Waals surface area contributed by atoms with Crippen molar-refractivity contribution in [1.82, 2.24) is 9.44 Å². The van der Waals surface area contributed by atoms with Crippen LogP contribution >= 0.6 is 0 Å². The number of carbonyl (C=O) groups excluding carboxylic acids is 1. The standard InChI is InChI=1S/C7H11F3N2O6S2/c1-2-6(13)11-4-3-5-18-20(16,17)12-19(14,15)7(8,9)10/h2,12H,1,3-5H2,(H,11,13). The predicted octanol–water partition coefficient (Wildman–Crippen LogP) is -0.621. The van der Waals surface area contributed by atoms with Crippen LogP contribution in [0, 0.1) is 0 Å². The number of hydrogen-bond acceptors (Lipinski definition) is 6. The first-order chi connectivity index (χ1) is 8.91. The molecule has 1 amide bonds. The molecule has 0 aliphatic heterocycles. The summed E-state index contributed by atoms with van der Waals surface area (Å²) >= 11 is 0. The van der Waals surface area contributed by atoms with E-state index in [1.165, 1.54) is 0 Å². The molecule has 0 spiro atoms. The summed E-state index contributed by atoms with van der Waals surface area (Å²) in [4.78, 5) is 10.7. The van der Waals surface area contributed by atoms with E-state index in [0.717, 1.165) is 6.08 Å². The van der Waals surface area contributed by atoms with E-state index >= 15 is 0 Å². The normalized spacial score (nSPS) is 12.9. The lowest BCUT2D eigenvalue weighted by molar-refractivity contribution is -0.116. The number of hydrogen-bond donors (Lipinski definition) is 2. The Bertz CT molecular complexity index is 554. The molecule has 13 heteroatoms. The van der Waals surface area contributed by atoms with Crippen molar-refractivity contribution in [3.8, 4) is 0 Å². The van der Waals surface area contributed by atoms with Gasteiger partial charge in [-0.15, -0.1) is 0 Å². The van der Waals surface area contributed by atoms with E-state index in [-0.39, 0.29) is 13.0 Å². The quantitative estimate of drug-likeness (QED) is 0.449. The molecule has 0 saturated carbocycles. The van der Waals surface area contributed by atoms with Gasteiger partial charge in [0.25, 0.3) is 0 Å². The van der Waals surface area contributed by atoms with Gasteiger partial charge in [-0.3, -0.25) is 8.98 Å². The number of amides is 1. The van der Waals surface area contributed by atoms with Crippen LogP contribution in [-0.4, -0.2) is 41.4 Å². The smallest absolute Gasteiger partial charge is 0.352 e. The van der Waals surface area contributed by atoms with Crippen molar-refractivity contribution in [2.24, 2.45) is 0 Å². The highest BCUT2D eigenvalue weighted by molar-refractivity contribution is 8.03. The van der Waals surface area contributed by atoms with Gasteiger partial charge in [0.15, 0.2) is 0 Å². The minimum absolute atomic E-state index is 0.0353. The molecule has 0 heterocycles. The molecule has 0 fully saturated rings. The number of halogens is 3. The van der Waals surface area contributed by atoms with Gasteiger partial charge in [-0.05, 0) is 12.5 Å². The van der Waals surface area contributed by atoms with Gasteiger partial charge in [0.2, 0.25) is 5.91 Å². The summed E-state index contributed by atoms with van der Waals surface area (Å²) in [5.41, 5.74) is -5.78. The van der Waals surface area contributed by atoms with Gasteiger partial charge in [-0.25, -0.2) is 8.42 Å². The second-order valence-corrected chi connectivity index (χ2v) is 6.44. The molecule has 0 aromatic carbocycles. The van der Waals surface area contributed by atoms with Gasteiger partial charge in [0.1, 0.15) is 0 Å². The van der Waals surface area contributed by atoms with Crippen LogP contribution in [0.1, 0.15) is 6.42 Å². The Hall–Kier alpha value is -1.18. The van der Waals surface area contributed by atoms with Crippen molar-refractivity contribution in [2.45, 2.75) is 11.9 Å². The van der Waals surface area contributed by atoms with Crippen LogP contribution in [0.3, 0.4) is 0 Å². The van der Waals surface area contributed by atoms with Crippen molar-refractivity contribution in [2.75, 3.05) is 13.2 Å². The first kappa shape index (κ1) is 18.8. The maximum atomic E-state index is 11.9. The summed E-state index contributed by atoms with van der Waals surface area (Å²) in [6, 6.07) is 0. The number of alkyl halides is 3. The Labute approximate surface area is 113 Å². The monoisotopic (exact) mass is 340 g/mol. The Morgan fingerprint density at radius 1 is 1.25 bits per heavy atom. The molecule has 0 saturated heterocycles. The highest BCUT2D eigenvalue weighted by atomic mass is 32.3. The minimum Gasteiger partial charge on any atom is -0.352 e. The summed E-state index contributed by atoms with van der Waals surface area (Å²) in [7, 11) is -11.2. The molecule has 8 nitrogen and oxygen atoms in total. The van der Waals surface area contributed by atoms with Crippen molar-refractivity contribution >= 4 is 26.2 Å². The van der Waals surface area contributed by atoms with Gasteiger partial charge in [0.05, 0.1) is 6.61 Å². The average Bonchev–Trinajstić information content (AvgIpc) is 2.25. The van der Waals surface area contributed by atoms with Gasteiger partial charge >= 0.3 is 25.8 Å². The molecule has 0 bridgehead atoms. The lowest BCUT2D eigenvalue weighted by Gasteiger charge is -2.10. The van der Waals surface area contributed by atoms with Crippen LogP contribution in [0.5, 0.6) is 0 Å². The molecule has 2 N–H and O–H groups in total. The number of nitrogens with one attached hydrogen (secondary N) is 2. The van der Waals surface area contributed by atoms with Crippen LogP contribution in [-0.2, 0) is 29.3 Å². The van der Waals surface area contributed by atoms with E-state index in [9.17, 15) is 34.8 Å². The zero-order valence-corrected chi connectivity index (χ0v) is 11.4. The fourth-order valence-electron chi connectivity index (χ4n) is 0.730. The molecular formula is C7H11F3N2O6S2. The van der Waals surface area contributed by atoms with Gasteiger partial charge in [-0.1, -0.05) is 10.7 Å².